The summed E-state index contributed by atoms with van der Waals surface area (Å²) in [5.74, 6) is 0.394. The maximum Gasteiger partial charge on any atom is 0.200 e. The first kappa shape index (κ1) is 21.4. The molecule has 0 unspecified atom stereocenters. The third kappa shape index (κ3) is 3.31. The lowest BCUT2D eigenvalue weighted by Crippen LogP contribution is -2.47. The summed E-state index contributed by atoms with van der Waals surface area (Å²) in [5.41, 5.74) is 1.14. The van der Waals surface area contributed by atoms with Gasteiger partial charge in [0.2, 0.25) is 5.78 Å². The fraction of sp³-hybridized carbons (Fsp3) is 0.565. The highest BCUT2D eigenvalue weighted by atomic mass is 16.8. The highest BCUT2D eigenvalue weighted by molar-refractivity contribution is 6.07. The van der Waals surface area contributed by atoms with Gasteiger partial charge in [0.25, 0.3) is 0 Å². The third-order valence-corrected chi connectivity index (χ3v) is 6.07. The molecule has 3 aliphatic rings. The molecular weight excluding hydrogens is 418 g/mol. The average Bonchev–Trinajstić information content (AvgIpc) is 3.29. The zero-order chi connectivity index (χ0) is 22.7. The van der Waals surface area contributed by atoms with Crippen LogP contribution in [0.4, 0.5) is 0 Å². The minimum absolute atomic E-state index is 0.232. The summed E-state index contributed by atoms with van der Waals surface area (Å²) in [5, 5.41) is 4.29. The highest BCUT2D eigenvalue weighted by Gasteiger charge is 2.58. The van der Waals surface area contributed by atoms with Crippen molar-refractivity contribution < 1.29 is 37.7 Å². The normalized spacial score (nSPS) is 27.2. The van der Waals surface area contributed by atoms with Gasteiger partial charge in [-0.2, -0.15) is 0 Å². The number of hydrogen-bond acceptors (Lipinski definition) is 9. The Balaban J connectivity index is 1.67. The Hall–Kier alpha value is -2.46. The lowest BCUT2D eigenvalue weighted by atomic mass is 9.80. The topological polar surface area (TPSA) is 98.5 Å². The molecule has 2 aliphatic heterocycles. The molecule has 2 aromatic rings. The van der Waals surface area contributed by atoms with Gasteiger partial charge >= 0.3 is 0 Å². The van der Waals surface area contributed by atoms with E-state index in [1.54, 1.807) is 34.1 Å². The quantitative estimate of drug-likeness (QED) is 0.701. The van der Waals surface area contributed by atoms with E-state index in [0.717, 1.165) is 6.42 Å². The Kier molecular flexibility index (Phi) is 5.05. The first-order valence-electron chi connectivity index (χ1n) is 10.7. The van der Waals surface area contributed by atoms with Crippen molar-refractivity contribution in [1.82, 2.24) is 5.16 Å². The molecule has 9 heteroatoms. The molecule has 0 N–H and O–H groups in total. The van der Waals surface area contributed by atoms with Gasteiger partial charge in [-0.05, 0) is 33.3 Å². The Morgan fingerprint density at radius 2 is 1.81 bits per heavy atom. The van der Waals surface area contributed by atoms with Gasteiger partial charge in [-0.1, -0.05) is 5.16 Å². The summed E-state index contributed by atoms with van der Waals surface area (Å²) < 4.78 is 40.6. The number of ether oxygens (including phenoxy) is 6. The van der Waals surface area contributed by atoms with Gasteiger partial charge in [-0.3, -0.25) is 4.79 Å². The van der Waals surface area contributed by atoms with Gasteiger partial charge < -0.3 is 32.9 Å². The molecule has 0 spiro atoms. The second-order valence-corrected chi connectivity index (χ2v) is 8.90. The van der Waals surface area contributed by atoms with Gasteiger partial charge in [-0.15, -0.1) is 0 Å². The van der Waals surface area contributed by atoms with Gasteiger partial charge in [0.05, 0.1) is 38.6 Å². The standard InChI is InChI=1S/C23H27NO8/c1-22(2)30-20-19(25)17-15(11-23(20,3)32-22)31-24-18(17)16-13(21-28-7-6-8-29-21)9-12(26-4)10-14(16)27-5/h9-10,20-21H,6-8,11H2,1-5H3/t20-,23+/m0/s1. The summed E-state index contributed by atoms with van der Waals surface area (Å²) in [6.07, 6.45) is -0.250. The molecule has 2 atom stereocenters. The SMILES string of the molecule is COc1cc(OC)c(-c2noc3c2C(=O)[C@@H]2OC(C)(C)O[C@]2(C)C3)c(C2OCCCO2)c1. The lowest BCUT2D eigenvalue weighted by Gasteiger charge is -2.31. The molecule has 0 amide bonds. The number of hydrogen-bond donors (Lipinski definition) is 0. The van der Waals surface area contributed by atoms with Gasteiger partial charge in [-0.25, -0.2) is 0 Å². The Labute approximate surface area is 185 Å². The van der Waals surface area contributed by atoms with Crippen molar-refractivity contribution in [3.63, 3.8) is 0 Å². The number of rotatable bonds is 4. The van der Waals surface area contributed by atoms with E-state index in [-0.39, 0.29) is 5.78 Å². The first-order valence-corrected chi connectivity index (χ1v) is 10.7. The van der Waals surface area contributed by atoms with Crippen molar-refractivity contribution in [1.29, 1.82) is 0 Å². The van der Waals surface area contributed by atoms with E-state index in [9.17, 15) is 4.79 Å². The van der Waals surface area contributed by atoms with Crippen molar-refractivity contribution in [2.24, 2.45) is 0 Å². The number of nitrogens with zero attached hydrogens (tertiary/aromatic N) is 1. The van der Waals surface area contributed by atoms with E-state index in [2.05, 4.69) is 5.16 Å². The summed E-state index contributed by atoms with van der Waals surface area (Å²) in [7, 11) is 3.12. The smallest absolute Gasteiger partial charge is 0.200 e. The Bertz CT molecular complexity index is 1050. The monoisotopic (exact) mass is 445 g/mol. The van der Waals surface area contributed by atoms with Crippen LogP contribution in [0.1, 0.15) is 55.2 Å². The zero-order valence-electron chi connectivity index (χ0n) is 18.9. The number of carbonyl (C=O) groups excluding carboxylic acids is 1. The van der Waals surface area contributed by atoms with Crippen LogP contribution in [0, 0.1) is 0 Å². The van der Waals surface area contributed by atoms with Crippen LogP contribution in [0.3, 0.4) is 0 Å². The summed E-state index contributed by atoms with van der Waals surface area (Å²) >= 11 is 0. The van der Waals surface area contributed by atoms with Crippen LogP contribution in [-0.2, 0) is 25.4 Å². The highest BCUT2D eigenvalue weighted by Crippen LogP contribution is 2.48. The molecule has 1 aliphatic carbocycles. The van der Waals surface area contributed by atoms with Gasteiger partial charge in [0, 0.05) is 18.1 Å². The number of Topliss-reactive ketones (excluding diaryl/α,β-unsaturated/α-hetero) is 1. The fourth-order valence-corrected chi connectivity index (χ4v) is 4.82. The largest absolute Gasteiger partial charge is 0.497 e. The van der Waals surface area contributed by atoms with E-state index in [4.69, 9.17) is 32.9 Å². The number of methoxy groups -OCH3 is 2. The summed E-state index contributed by atoms with van der Waals surface area (Å²) in [6, 6.07) is 3.54. The second-order valence-electron chi connectivity index (χ2n) is 8.90. The molecule has 1 aromatic carbocycles. The van der Waals surface area contributed by atoms with Crippen molar-refractivity contribution in [2.75, 3.05) is 27.4 Å². The predicted octanol–water partition coefficient (Wildman–Crippen LogP) is 3.44. The fourth-order valence-electron chi connectivity index (χ4n) is 4.82. The number of aromatic nitrogens is 1. The molecule has 0 bridgehead atoms. The lowest BCUT2D eigenvalue weighted by molar-refractivity contribution is -0.182. The third-order valence-electron chi connectivity index (χ3n) is 6.07. The number of fused-ring (bicyclic) bond motifs is 2. The van der Waals surface area contributed by atoms with E-state index < -0.39 is 23.8 Å². The predicted molar refractivity (Wildman–Crippen MR) is 111 cm³/mol. The first-order chi connectivity index (χ1) is 15.3. The maximum absolute atomic E-state index is 13.6. The molecule has 1 aromatic heterocycles. The molecule has 32 heavy (non-hydrogen) atoms. The van der Waals surface area contributed by atoms with E-state index in [1.807, 2.05) is 13.0 Å². The van der Waals surface area contributed by atoms with Crippen LogP contribution >= 0.6 is 0 Å². The number of benzene rings is 1. The molecule has 172 valence electrons. The molecule has 5 rings (SSSR count). The number of carbonyl (C=O) groups is 1. The van der Waals surface area contributed by atoms with Crippen LogP contribution in [0.25, 0.3) is 11.3 Å². The molecule has 2 saturated heterocycles. The van der Waals surface area contributed by atoms with Crippen LogP contribution in [0.5, 0.6) is 11.5 Å². The second kappa shape index (κ2) is 7.55. The maximum atomic E-state index is 13.6. The molecule has 3 heterocycles. The van der Waals surface area contributed by atoms with E-state index in [0.29, 0.717) is 59.3 Å². The molecule has 9 nitrogen and oxygen atoms in total. The van der Waals surface area contributed by atoms with Crippen LogP contribution in [0.15, 0.2) is 16.7 Å². The minimum Gasteiger partial charge on any atom is -0.497 e. The Morgan fingerprint density at radius 1 is 1.06 bits per heavy atom. The summed E-state index contributed by atoms with van der Waals surface area (Å²) in [6.45, 7) is 6.57. The summed E-state index contributed by atoms with van der Waals surface area (Å²) in [4.78, 5) is 13.6. The molecule has 0 saturated carbocycles. The van der Waals surface area contributed by atoms with Gasteiger partial charge in [0.15, 0.2) is 23.9 Å². The molecule has 0 radical (unpaired) electrons. The van der Waals surface area contributed by atoms with Crippen LogP contribution in [0.2, 0.25) is 0 Å². The average molecular weight is 445 g/mol. The molecular formula is C23H27NO8. The van der Waals surface area contributed by atoms with Crippen molar-refractivity contribution >= 4 is 5.78 Å². The van der Waals surface area contributed by atoms with Crippen molar-refractivity contribution in [3.05, 3.63) is 29.0 Å². The van der Waals surface area contributed by atoms with E-state index in [1.165, 1.54) is 0 Å². The van der Waals surface area contributed by atoms with Gasteiger partial charge in [0.1, 0.15) is 22.8 Å². The zero-order valence-corrected chi connectivity index (χ0v) is 18.9. The van der Waals surface area contributed by atoms with E-state index >= 15 is 0 Å². The number of ketones is 1. The van der Waals surface area contributed by atoms with Crippen molar-refractivity contribution in [3.8, 4) is 22.8 Å². The minimum atomic E-state index is -0.876. The van der Waals surface area contributed by atoms with Crippen LogP contribution < -0.4 is 9.47 Å². The van der Waals surface area contributed by atoms with Crippen LogP contribution in [-0.4, -0.2) is 55.9 Å². The molecule has 2 fully saturated rings. The Morgan fingerprint density at radius 3 is 2.50 bits per heavy atom. The van der Waals surface area contributed by atoms with Crippen molar-refractivity contribution in [2.45, 2.75) is 57.4 Å².